The number of hydrogen-bond donors (Lipinski definition) is 0. The normalized spacial score (nSPS) is 35.0. The Morgan fingerprint density at radius 1 is 0.850 bits per heavy atom. The fourth-order valence-corrected chi connectivity index (χ4v) is 6.84. The molecule has 7 atom stereocenters. The number of benzene rings is 2. The average Bonchev–Trinajstić information content (AvgIpc) is 3.54. The van der Waals surface area contributed by atoms with Crippen LogP contribution in [0.25, 0.3) is 0 Å². The predicted octanol–water partition coefficient (Wildman–Crippen LogP) is 3.67. The van der Waals surface area contributed by atoms with Crippen LogP contribution in [-0.4, -0.2) is 74.5 Å². The van der Waals surface area contributed by atoms with Gasteiger partial charge in [-0.15, -0.1) is 0 Å². The summed E-state index contributed by atoms with van der Waals surface area (Å²) in [6.07, 6.45) is -2.51. The van der Waals surface area contributed by atoms with Gasteiger partial charge in [-0.05, 0) is 58.7 Å². The zero-order valence-corrected chi connectivity index (χ0v) is 24.2. The minimum absolute atomic E-state index is 0.109. The van der Waals surface area contributed by atoms with Crippen molar-refractivity contribution < 1.29 is 41.1 Å². The quantitative estimate of drug-likeness (QED) is 0.455. The molecule has 4 fully saturated rings. The van der Waals surface area contributed by atoms with Crippen LogP contribution in [0.4, 0.5) is 0 Å². The maximum atomic E-state index is 12.9. The molecular formula is C29H37NO9S. The first-order valence-electron chi connectivity index (χ1n) is 13.7. The van der Waals surface area contributed by atoms with E-state index in [-0.39, 0.29) is 17.5 Å². The first kappa shape index (κ1) is 28.2. The maximum Gasteiger partial charge on any atom is 0.297 e. The number of nitrogens with zero attached hydrogens (tertiary/aromatic N) is 1. The molecule has 4 aliphatic heterocycles. The second-order valence-corrected chi connectivity index (χ2v) is 13.4. The van der Waals surface area contributed by atoms with E-state index in [2.05, 4.69) is 0 Å². The molecule has 2 aromatic carbocycles. The van der Waals surface area contributed by atoms with Gasteiger partial charge < -0.3 is 23.7 Å². The fourth-order valence-electron chi connectivity index (χ4n) is 5.90. The number of hydrogen-bond acceptors (Lipinski definition) is 10. The molecule has 218 valence electrons. The van der Waals surface area contributed by atoms with Crippen molar-refractivity contribution in [3.8, 4) is 0 Å². The van der Waals surface area contributed by atoms with Crippen LogP contribution in [0.15, 0.2) is 59.5 Å². The topological polar surface area (TPSA) is 102 Å². The summed E-state index contributed by atoms with van der Waals surface area (Å²) in [6.45, 7) is 9.67. The van der Waals surface area contributed by atoms with Crippen LogP contribution in [0.2, 0.25) is 0 Å². The summed E-state index contributed by atoms with van der Waals surface area (Å²) in [5.41, 5.74) is 2.00. The summed E-state index contributed by atoms with van der Waals surface area (Å²) in [4.78, 5) is 6.44. The van der Waals surface area contributed by atoms with Crippen LogP contribution >= 0.6 is 0 Å². The highest BCUT2D eigenvalue weighted by atomic mass is 32.2. The molecular weight excluding hydrogens is 538 g/mol. The summed E-state index contributed by atoms with van der Waals surface area (Å²) < 4.78 is 62.7. The Morgan fingerprint density at radius 2 is 1.48 bits per heavy atom. The van der Waals surface area contributed by atoms with Crippen molar-refractivity contribution >= 4 is 10.1 Å². The molecule has 0 saturated carbocycles. The second kappa shape index (κ2) is 10.4. The third-order valence-corrected chi connectivity index (χ3v) is 8.92. The summed E-state index contributed by atoms with van der Waals surface area (Å²) in [5, 5.41) is 1.85. The molecule has 0 N–H and O–H groups in total. The van der Waals surface area contributed by atoms with Gasteiger partial charge in [-0.3, -0.25) is 9.02 Å². The molecule has 11 heteroatoms. The van der Waals surface area contributed by atoms with E-state index in [0.29, 0.717) is 13.0 Å². The Kier molecular flexibility index (Phi) is 7.34. The summed E-state index contributed by atoms with van der Waals surface area (Å²) >= 11 is 0. The molecule has 4 saturated heterocycles. The van der Waals surface area contributed by atoms with Crippen LogP contribution in [-0.2, 0) is 49.4 Å². The summed E-state index contributed by atoms with van der Waals surface area (Å²) in [6, 6.07) is 16.2. The lowest BCUT2D eigenvalue weighted by Crippen LogP contribution is -2.60. The average molecular weight is 576 g/mol. The van der Waals surface area contributed by atoms with Gasteiger partial charge in [0.15, 0.2) is 17.9 Å². The Labute approximate surface area is 235 Å². The van der Waals surface area contributed by atoms with Crippen molar-refractivity contribution in [2.24, 2.45) is 0 Å². The number of ether oxygens (including phenoxy) is 5. The molecule has 2 aromatic rings. The lowest BCUT2D eigenvalue weighted by Gasteiger charge is -2.41. The van der Waals surface area contributed by atoms with Crippen LogP contribution in [0, 0.1) is 6.92 Å². The van der Waals surface area contributed by atoms with Crippen LogP contribution < -0.4 is 0 Å². The molecule has 4 heterocycles. The van der Waals surface area contributed by atoms with E-state index in [1.54, 1.807) is 24.3 Å². The van der Waals surface area contributed by atoms with Crippen molar-refractivity contribution in [2.75, 3.05) is 6.61 Å². The van der Waals surface area contributed by atoms with Gasteiger partial charge in [0.05, 0.1) is 17.5 Å². The number of aryl methyl sites for hydroxylation is 1. The summed E-state index contributed by atoms with van der Waals surface area (Å²) in [5.74, 6) is -1.67. The van der Waals surface area contributed by atoms with Crippen LogP contribution in [0.3, 0.4) is 0 Å². The van der Waals surface area contributed by atoms with Gasteiger partial charge in [0.25, 0.3) is 10.1 Å². The standard InChI is InChI=1S/C29H37NO9S/c1-18-11-13-21(14-12-18)40(31,32)33-17-20-15-22(30(39-20)16-19-9-7-6-8-10-19)23-24-25(36-28(2,3)35-24)26-27(34-23)38-29(4,5)37-26/h6-14,20,22-27H,15-17H2,1-5H3/t20-,22-,23-,24+,25+,26-,27-/m1/s1. The minimum Gasteiger partial charge on any atom is -0.342 e. The second-order valence-electron chi connectivity index (χ2n) is 11.8. The highest BCUT2D eigenvalue weighted by Crippen LogP contribution is 2.46. The minimum atomic E-state index is -3.95. The van der Waals surface area contributed by atoms with Gasteiger partial charge in [0, 0.05) is 6.54 Å². The Morgan fingerprint density at radius 3 is 2.17 bits per heavy atom. The lowest BCUT2D eigenvalue weighted by atomic mass is 9.91. The molecule has 40 heavy (non-hydrogen) atoms. The Balaban J connectivity index is 1.24. The van der Waals surface area contributed by atoms with Crippen molar-refractivity contribution in [1.29, 1.82) is 0 Å². The molecule has 10 nitrogen and oxygen atoms in total. The van der Waals surface area contributed by atoms with Gasteiger partial charge in [-0.1, -0.05) is 48.0 Å². The number of rotatable bonds is 7. The van der Waals surface area contributed by atoms with E-state index in [4.69, 9.17) is 32.7 Å². The first-order valence-corrected chi connectivity index (χ1v) is 15.1. The third kappa shape index (κ3) is 5.72. The molecule has 6 rings (SSSR count). The molecule has 0 spiro atoms. The van der Waals surface area contributed by atoms with Crippen LogP contribution in [0.5, 0.6) is 0 Å². The molecule has 0 aliphatic carbocycles. The lowest BCUT2D eigenvalue weighted by molar-refractivity contribution is -0.265. The van der Waals surface area contributed by atoms with Gasteiger partial charge in [-0.2, -0.15) is 13.5 Å². The molecule has 0 amide bonds. The monoisotopic (exact) mass is 575 g/mol. The van der Waals surface area contributed by atoms with E-state index >= 15 is 0 Å². The van der Waals surface area contributed by atoms with E-state index in [1.807, 2.05) is 70.0 Å². The van der Waals surface area contributed by atoms with Gasteiger partial charge in [0.1, 0.15) is 30.5 Å². The molecule has 0 radical (unpaired) electrons. The molecule has 0 aromatic heterocycles. The van der Waals surface area contributed by atoms with E-state index in [0.717, 1.165) is 11.1 Å². The Bertz CT molecular complexity index is 1300. The van der Waals surface area contributed by atoms with Crippen LogP contribution in [0.1, 0.15) is 45.2 Å². The van der Waals surface area contributed by atoms with E-state index < -0.39 is 58.5 Å². The van der Waals surface area contributed by atoms with Gasteiger partial charge >= 0.3 is 0 Å². The van der Waals surface area contributed by atoms with Gasteiger partial charge in [-0.25, -0.2) is 0 Å². The van der Waals surface area contributed by atoms with Crippen molar-refractivity contribution in [3.05, 3.63) is 65.7 Å². The van der Waals surface area contributed by atoms with E-state index in [9.17, 15) is 8.42 Å². The molecule has 0 unspecified atom stereocenters. The van der Waals surface area contributed by atoms with Crippen molar-refractivity contribution in [1.82, 2.24) is 5.06 Å². The van der Waals surface area contributed by atoms with Crippen molar-refractivity contribution in [2.45, 2.75) is 107 Å². The SMILES string of the molecule is Cc1ccc(S(=O)(=O)OC[C@H]2C[C@H]([C@H]3O[C@@H]4OC(C)(C)O[C@@H]4[C@H]4OC(C)(C)O[C@H]43)N(Cc3ccccc3)O2)cc1. The molecule has 0 bridgehead atoms. The van der Waals surface area contributed by atoms with Gasteiger partial charge in [0.2, 0.25) is 0 Å². The van der Waals surface area contributed by atoms with Crippen molar-refractivity contribution in [3.63, 3.8) is 0 Å². The first-order chi connectivity index (χ1) is 18.9. The summed E-state index contributed by atoms with van der Waals surface area (Å²) in [7, 11) is -3.95. The predicted molar refractivity (Wildman–Crippen MR) is 142 cm³/mol. The fraction of sp³-hybridized carbons (Fsp3) is 0.586. The molecule has 4 aliphatic rings. The number of fused-ring (bicyclic) bond motifs is 3. The Hall–Kier alpha value is -1.93. The van der Waals surface area contributed by atoms with E-state index in [1.165, 1.54) is 0 Å². The third-order valence-electron chi connectivity index (χ3n) is 7.63. The smallest absolute Gasteiger partial charge is 0.297 e. The highest BCUT2D eigenvalue weighted by Gasteiger charge is 2.63. The highest BCUT2D eigenvalue weighted by molar-refractivity contribution is 7.86. The largest absolute Gasteiger partial charge is 0.342 e. The zero-order chi connectivity index (χ0) is 28.3. The zero-order valence-electron chi connectivity index (χ0n) is 23.4. The number of hydroxylamine groups is 2. The maximum absolute atomic E-state index is 12.9.